The molecule has 0 spiro atoms. The highest BCUT2D eigenvalue weighted by atomic mass is 35.5. The molecule has 94 valence electrons. The van der Waals surface area contributed by atoms with Gasteiger partial charge in [0.25, 0.3) is 5.91 Å². The van der Waals surface area contributed by atoms with Gasteiger partial charge in [-0.3, -0.25) is 4.79 Å². The minimum Gasteiger partial charge on any atom is -0.383 e. The summed E-state index contributed by atoms with van der Waals surface area (Å²) in [4.78, 5) is 11.7. The van der Waals surface area contributed by atoms with Crippen LogP contribution in [0.15, 0.2) is 24.3 Å². The van der Waals surface area contributed by atoms with Gasteiger partial charge in [0.1, 0.15) is 0 Å². The van der Waals surface area contributed by atoms with Gasteiger partial charge in [-0.1, -0.05) is 17.7 Å². The van der Waals surface area contributed by atoms with E-state index in [1.807, 2.05) is 31.2 Å². The van der Waals surface area contributed by atoms with Crippen molar-refractivity contribution in [2.45, 2.75) is 18.7 Å². The van der Waals surface area contributed by atoms with Crippen LogP contribution in [0, 0.1) is 6.92 Å². The third kappa shape index (κ3) is 5.20. The highest BCUT2D eigenvalue weighted by molar-refractivity contribution is 6.20. The quantitative estimate of drug-likeness (QED) is 0.793. The van der Waals surface area contributed by atoms with Crippen LogP contribution in [0.2, 0.25) is 0 Å². The van der Waals surface area contributed by atoms with Crippen LogP contribution in [0.4, 0.5) is 0 Å². The molecule has 0 aliphatic rings. The maximum absolute atomic E-state index is 11.7. The molecule has 0 fully saturated rings. The summed E-state index contributed by atoms with van der Waals surface area (Å²) in [6.45, 7) is 3.05. The molecule has 0 saturated heterocycles. The van der Waals surface area contributed by atoms with E-state index in [-0.39, 0.29) is 11.3 Å². The summed E-state index contributed by atoms with van der Waals surface area (Å²) in [5.41, 5.74) is 1.82. The zero-order valence-electron chi connectivity index (χ0n) is 10.2. The molecule has 0 aromatic heterocycles. The monoisotopic (exact) mass is 255 g/mol. The number of nitrogens with one attached hydrogen (secondary N) is 1. The molecule has 1 aromatic rings. The van der Waals surface area contributed by atoms with Crippen LogP contribution in [0.3, 0.4) is 0 Å². The van der Waals surface area contributed by atoms with E-state index < -0.39 is 0 Å². The number of alkyl halides is 1. The van der Waals surface area contributed by atoms with Gasteiger partial charge in [0.15, 0.2) is 0 Å². The van der Waals surface area contributed by atoms with Gasteiger partial charge in [0.05, 0.1) is 12.0 Å². The summed E-state index contributed by atoms with van der Waals surface area (Å²) in [5, 5.41) is 2.77. The van der Waals surface area contributed by atoms with E-state index >= 15 is 0 Å². The van der Waals surface area contributed by atoms with Gasteiger partial charge in [-0.05, 0) is 25.5 Å². The number of rotatable bonds is 6. The molecule has 0 aliphatic heterocycles. The number of ether oxygens (including phenoxy) is 1. The van der Waals surface area contributed by atoms with E-state index in [2.05, 4.69) is 5.32 Å². The normalized spacial score (nSPS) is 12.2. The van der Waals surface area contributed by atoms with Gasteiger partial charge < -0.3 is 10.1 Å². The average molecular weight is 256 g/mol. The van der Waals surface area contributed by atoms with E-state index in [1.165, 1.54) is 0 Å². The summed E-state index contributed by atoms with van der Waals surface area (Å²) >= 11 is 5.95. The molecular weight excluding hydrogens is 238 g/mol. The van der Waals surface area contributed by atoms with Crippen molar-refractivity contribution in [1.29, 1.82) is 0 Å². The van der Waals surface area contributed by atoms with E-state index in [1.54, 1.807) is 7.11 Å². The maximum Gasteiger partial charge on any atom is 0.251 e. The Morgan fingerprint density at radius 2 is 2.06 bits per heavy atom. The number of halogens is 1. The van der Waals surface area contributed by atoms with Crippen LogP contribution >= 0.6 is 11.6 Å². The molecule has 0 aliphatic carbocycles. The van der Waals surface area contributed by atoms with Gasteiger partial charge in [-0.25, -0.2) is 0 Å². The standard InChI is InChI=1S/C13H18ClNO2/c1-10-3-5-11(6-4-10)13(16)15-8-7-12(14)9-17-2/h3-6,12H,7-9H2,1-2H3,(H,15,16). The van der Waals surface area contributed by atoms with Crippen LogP contribution < -0.4 is 5.32 Å². The molecule has 0 saturated carbocycles. The molecule has 1 N–H and O–H groups in total. The highest BCUT2D eigenvalue weighted by Gasteiger charge is 2.07. The lowest BCUT2D eigenvalue weighted by molar-refractivity contribution is 0.0951. The molecule has 3 nitrogen and oxygen atoms in total. The lowest BCUT2D eigenvalue weighted by atomic mass is 10.1. The second-order valence-corrected chi connectivity index (χ2v) is 4.58. The zero-order valence-corrected chi connectivity index (χ0v) is 11.0. The lowest BCUT2D eigenvalue weighted by Crippen LogP contribution is -2.26. The van der Waals surface area contributed by atoms with Gasteiger partial charge in [0, 0.05) is 19.2 Å². The third-order valence-corrected chi connectivity index (χ3v) is 2.75. The molecule has 1 amide bonds. The van der Waals surface area contributed by atoms with E-state index in [9.17, 15) is 4.79 Å². The van der Waals surface area contributed by atoms with Gasteiger partial charge in [-0.15, -0.1) is 11.6 Å². The van der Waals surface area contributed by atoms with Gasteiger partial charge in [-0.2, -0.15) is 0 Å². The Hall–Kier alpha value is -1.06. The first-order chi connectivity index (χ1) is 8.13. The summed E-state index contributed by atoms with van der Waals surface area (Å²) in [5.74, 6) is -0.0636. The number of hydrogen-bond donors (Lipinski definition) is 1. The van der Waals surface area contributed by atoms with Crippen molar-refractivity contribution >= 4 is 17.5 Å². The number of carbonyl (C=O) groups excluding carboxylic acids is 1. The summed E-state index contributed by atoms with van der Waals surface area (Å²) in [6.07, 6.45) is 0.701. The minimum atomic E-state index is -0.0636. The zero-order chi connectivity index (χ0) is 12.7. The van der Waals surface area contributed by atoms with E-state index in [0.29, 0.717) is 25.1 Å². The summed E-state index contributed by atoms with van der Waals surface area (Å²) < 4.78 is 4.91. The predicted octanol–water partition coefficient (Wildman–Crippen LogP) is 2.37. The van der Waals surface area contributed by atoms with E-state index in [4.69, 9.17) is 16.3 Å². The second kappa shape index (κ2) is 7.30. The van der Waals surface area contributed by atoms with Crippen LogP contribution in [-0.4, -0.2) is 31.5 Å². The molecule has 0 bridgehead atoms. The first-order valence-electron chi connectivity index (χ1n) is 5.61. The number of carbonyl (C=O) groups is 1. The molecule has 1 atom stereocenters. The molecule has 1 unspecified atom stereocenters. The Morgan fingerprint density at radius 3 is 2.65 bits per heavy atom. The third-order valence-electron chi connectivity index (χ3n) is 2.40. The molecule has 17 heavy (non-hydrogen) atoms. The Kier molecular flexibility index (Phi) is 6.01. The van der Waals surface area contributed by atoms with Crippen molar-refractivity contribution in [2.75, 3.05) is 20.3 Å². The summed E-state index contributed by atoms with van der Waals surface area (Å²) in [6, 6.07) is 7.48. The van der Waals surface area contributed by atoms with Gasteiger partial charge >= 0.3 is 0 Å². The fraction of sp³-hybridized carbons (Fsp3) is 0.462. The number of aryl methyl sites for hydroxylation is 1. The topological polar surface area (TPSA) is 38.3 Å². The Morgan fingerprint density at radius 1 is 1.41 bits per heavy atom. The molecule has 0 radical (unpaired) electrons. The first-order valence-corrected chi connectivity index (χ1v) is 6.05. The summed E-state index contributed by atoms with van der Waals surface area (Å²) in [7, 11) is 1.61. The van der Waals surface area contributed by atoms with Gasteiger partial charge in [0.2, 0.25) is 0 Å². The fourth-order valence-corrected chi connectivity index (χ4v) is 1.65. The fourth-order valence-electron chi connectivity index (χ4n) is 1.41. The van der Waals surface area contributed by atoms with Crippen molar-refractivity contribution in [2.24, 2.45) is 0 Å². The minimum absolute atomic E-state index is 0.0571. The molecule has 0 heterocycles. The first kappa shape index (κ1) is 14.0. The van der Waals surface area contributed by atoms with Crippen LogP contribution in [-0.2, 0) is 4.74 Å². The van der Waals surface area contributed by atoms with Crippen LogP contribution in [0.25, 0.3) is 0 Å². The Balaban J connectivity index is 2.32. The Labute approximate surface area is 107 Å². The number of amides is 1. The van der Waals surface area contributed by atoms with Crippen LogP contribution in [0.5, 0.6) is 0 Å². The predicted molar refractivity (Wildman–Crippen MR) is 69.6 cm³/mol. The average Bonchev–Trinajstić information content (AvgIpc) is 2.30. The molecule has 4 heteroatoms. The maximum atomic E-state index is 11.7. The second-order valence-electron chi connectivity index (χ2n) is 3.96. The van der Waals surface area contributed by atoms with Crippen LogP contribution in [0.1, 0.15) is 22.3 Å². The molecular formula is C13H18ClNO2. The van der Waals surface area contributed by atoms with Crippen molar-refractivity contribution in [3.63, 3.8) is 0 Å². The molecule has 1 aromatic carbocycles. The lowest BCUT2D eigenvalue weighted by Gasteiger charge is -2.09. The van der Waals surface area contributed by atoms with Crippen molar-refractivity contribution in [1.82, 2.24) is 5.32 Å². The van der Waals surface area contributed by atoms with Crippen molar-refractivity contribution in [3.8, 4) is 0 Å². The number of methoxy groups -OCH3 is 1. The smallest absolute Gasteiger partial charge is 0.251 e. The molecule has 1 rings (SSSR count). The SMILES string of the molecule is COCC(Cl)CCNC(=O)c1ccc(C)cc1. The van der Waals surface area contributed by atoms with E-state index in [0.717, 1.165) is 5.56 Å². The number of hydrogen-bond acceptors (Lipinski definition) is 2. The van der Waals surface area contributed by atoms with Crippen molar-refractivity contribution in [3.05, 3.63) is 35.4 Å². The van der Waals surface area contributed by atoms with Crippen molar-refractivity contribution < 1.29 is 9.53 Å². The Bertz CT molecular complexity index is 351. The number of benzene rings is 1. The largest absolute Gasteiger partial charge is 0.383 e. The highest BCUT2D eigenvalue weighted by Crippen LogP contribution is 2.04.